The van der Waals surface area contributed by atoms with Gasteiger partial charge in [-0.2, -0.15) is 0 Å². The van der Waals surface area contributed by atoms with Gasteiger partial charge in [-0.15, -0.1) is 11.3 Å². The van der Waals surface area contributed by atoms with Crippen LogP contribution in [-0.2, 0) is 5.33 Å². The summed E-state index contributed by atoms with van der Waals surface area (Å²) in [4.78, 5) is 11.6. The van der Waals surface area contributed by atoms with Gasteiger partial charge in [-0.25, -0.2) is 0 Å². The summed E-state index contributed by atoms with van der Waals surface area (Å²) in [6, 6.07) is 1.92. The first-order chi connectivity index (χ1) is 4.74. The molecule has 0 N–H and O–H groups in total. The molecule has 1 aromatic rings. The molecule has 0 atom stereocenters. The van der Waals surface area contributed by atoms with Gasteiger partial charge in [0.05, 0.1) is 4.88 Å². The lowest BCUT2D eigenvalue weighted by molar-refractivity contribution is 0.102. The maximum absolute atomic E-state index is 10.8. The molecule has 0 aliphatic rings. The maximum Gasteiger partial charge on any atom is 0.169 e. The molecule has 10 heavy (non-hydrogen) atoms. The summed E-state index contributed by atoms with van der Waals surface area (Å²) < 4.78 is 0. The molecular weight excluding hydrogens is 212 g/mol. The molecule has 0 saturated heterocycles. The van der Waals surface area contributed by atoms with Gasteiger partial charge in [-0.3, -0.25) is 4.79 Å². The number of rotatable bonds is 2. The number of Topliss-reactive ketones (excluding diaryl/α,β-unsaturated/α-hetero) is 1. The monoisotopic (exact) mass is 218 g/mol. The smallest absolute Gasteiger partial charge is 0.169 e. The Hall–Kier alpha value is -0.150. The molecule has 0 aromatic carbocycles. The van der Waals surface area contributed by atoms with Crippen molar-refractivity contribution in [2.24, 2.45) is 0 Å². The van der Waals surface area contributed by atoms with E-state index in [2.05, 4.69) is 15.9 Å². The van der Waals surface area contributed by atoms with Gasteiger partial charge >= 0.3 is 0 Å². The lowest BCUT2D eigenvalue weighted by Gasteiger charge is -1.82. The molecule has 0 aliphatic heterocycles. The predicted molar refractivity (Wildman–Crippen MR) is 47.0 cm³/mol. The van der Waals surface area contributed by atoms with Gasteiger partial charge in [0.25, 0.3) is 0 Å². The summed E-state index contributed by atoms with van der Waals surface area (Å²) in [7, 11) is 0. The third-order valence-corrected chi connectivity index (χ3v) is 2.88. The molecule has 0 spiro atoms. The largest absolute Gasteiger partial charge is 0.294 e. The minimum absolute atomic E-state index is 0.150. The minimum atomic E-state index is 0.150. The van der Waals surface area contributed by atoms with E-state index in [0.29, 0.717) is 0 Å². The van der Waals surface area contributed by atoms with Gasteiger partial charge in [0, 0.05) is 5.33 Å². The van der Waals surface area contributed by atoms with Crippen LogP contribution in [0.5, 0.6) is 0 Å². The number of ketones is 1. The van der Waals surface area contributed by atoms with Crippen LogP contribution in [0.25, 0.3) is 0 Å². The van der Waals surface area contributed by atoms with E-state index in [1.807, 2.05) is 11.4 Å². The Morgan fingerprint density at radius 1 is 1.80 bits per heavy atom. The highest BCUT2D eigenvalue weighted by molar-refractivity contribution is 9.08. The second-order valence-corrected chi connectivity index (χ2v) is 3.48. The summed E-state index contributed by atoms with van der Waals surface area (Å²) in [6.07, 6.45) is 0. The Morgan fingerprint density at radius 2 is 2.50 bits per heavy atom. The van der Waals surface area contributed by atoms with Crippen molar-refractivity contribution >= 4 is 33.0 Å². The van der Waals surface area contributed by atoms with E-state index in [-0.39, 0.29) is 5.78 Å². The van der Waals surface area contributed by atoms with Gasteiger partial charge < -0.3 is 0 Å². The van der Waals surface area contributed by atoms with Crippen molar-refractivity contribution in [2.45, 2.75) is 12.3 Å². The number of thiophene rings is 1. The highest BCUT2D eigenvalue weighted by Crippen LogP contribution is 2.16. The Bertz CT molecular complexity index is 242. The summed E-state index contributed by atoms with van der Waals surface area (Å²) in [5, 5.41) is 2.82. The molecule has 1 aromatic heterocycles. The lowest BCUT2D eigenvalue weighted by atomic mass is 10.3. The van der Waals surface area contributed by atoms with Crippen molar-refractivity contribution in [1.29, 1.82) is 0 Å². The number of hydrogen-bond acceptors (Lipinski definition) is 2. The van der Waals surface area contributed by atoms with Crippen molar-refractivity contribution in [2.75, 3.05) is 0 Å². The normalized spacial score (nSPS) is 9.80. The minimum Gasteiger partial charge on any atom is -0.294 e. The van der Waals surface area contributed by atoms with Crippen molar-refractivity contribution in [3.05, 3.63) is 21.9 Å². The first kappa shape index (κ1) is 7.95. The van der Waals surface area contributed by atoms with E-state index < -0.39 is 0 Å². The average molecular weight is 219 g/mol. The molecule has 0 aliphatic carbocycles. The van der Waals surface area contributed by atoms with E-state index in [1.165, 1.54) is 16.9 Å². The highest BCUT2D eigenvalue weighted by atomic mass is 79.9. The van der Waals surface area contributed by atoms with E-state index in [0.717, 1.165) is 10.2 Å². The van der Waals surface area contributed by atoms with Crippen LogP contribution < -0.4 is 0 Å². The van der Waals surface area contributed by atoms with Crippen LogP contribution in [0.2, 0.25) is 0 Å². The zero-order chi connectivity index (χ0) is 7.56. The summed E-state index contributed by atoms with van der Waals surface area (Å²) in [5.41, 5.74) is 1.18. The molecule has 3 heteroatoms. The zero-order valence-corrected chi connectivity index (χ0v) is 7.96. The predicted octanol–water partition coefficient (Wildman–Crippen LogP) is 2.85. The SMILES string of the molecule is CC(=O)c1cc(CBr)cs1. The van der Waals surface area contributed by atoms with Crippen LogP contribution in [0.15, 0.2) is 11.4 Å². The summed E-state index contributed by atoms with van der Waals surface area (Å²) in [6.45, 7) is 1.59. The number of hydrogen-bond donors (Lipinski definition) is 0. The van der Waals surface area contributed by atoms with E-state index in [9.17, 15) is 4.79 Å². The molecule has 0 radical (unpaired) electrons. The number of alkyl halides is 1. The summed E-state index contributed by atoms with van der Waals surface area (Å²) in [5.74, 6) is 0.150. The molecule has 1 heterocycles. The van der Waals surface area contributed by atoms with Crippen LogP contribution in [-0.4, -0.2) is 5.78 Å². The first-order valence-corrected chi connectivity index (χ1v) is 4.88. The van der Waals surface area contributed by atoms with Crippen LogP contribution in [0, 0.1) is 0 Å². The first-order valence-electron chi connectivity index (χ1n) is 2.88. The van der Waals surface area contributed by atoms with Gasteiger partial charge in [0.2, 0.25) is 0 Å². The zero-order valence-electron chi connectivity index (χ0n) is 5.56. The second kappa shape index (κ2) is 3.30. The van der Waals surface area contributed by atoms with Gasteiger partial charge in [0.1, 0.15) is 0 Å². The summed E-state index contributed by atoms with van der Waals surface area (Å²) >= 11 is 4.82. The third-order valence-electron chi connectivity index (χ3n) is 1.16. The van der Waals surface area contributed by atoms with E-state index in [4.69, 9.17) is 0 Å². The molecule has 0 bridgehead atoms. The van der Waals surface area contributed by atoms with E-state index in [1.54, 1.807) is 6.92 Å². The number of carbonyl (C=O) groups is 1. The topological polar surface area (TPSA) is 17.1 Å². The fraction of sp³-hybridized carbons (Fsp3) is 0.286. The fourth-order valence-electron chi connectivity index (χ4n) is 0.630. The Balaban J connectivity index is 2.88. The lowest BCUT2D eigenvalue weighted by Crippen LogP contribution is -1.84. The quantitative estimate of drug-likeness (QED) is 0.552. The number of halogens is 1. The molecule has 1 rings (SSSR count). The molecule has 0 amide bonds. The van der Waals surface area contributed by atoms with Gasteiger partial charge in [-0.1, -0.05) is 15.9 Å². The number of carbonyl (C=O) groups excluding carboxylic acids is 1. The van der Waals surface area contributed by atoms with Gasteiger partial charge in [0.15, 0.2) is 5.78 Å². The van der Waals surface area contributed by atoms with Crippen LogP contribution in [0.4, 0.5) is 0 Å². The standard InChI is InChI=1S/C7H7BrOS/c1-5(9)7-2-6(3-8)4-10-7/h2,4H,3H2,1H3. The molecular formula is C7H7BrOS. The fourth-order valence-corrected chi connectivity index (χ4v) is 1.98. The van der Waals surface area contributed by atoms with Crippen LogP contribution >= 0.6 is 27.3 Å². The third kappa shape index (κ3) is 1.67. The molecule has 1 nitrogen and oxygen atoms in total. The second-order valence-electron chi connectivity index (χ2n) is 2.01. The van der Waals surface area contributed by atoms with Gasteiger partial charge in [-0.05, 0) is 23.9 Å². The Morgan fingerprint density at radius 3 is 2.80 bits per heavy atom. The Labute approximate surface area is 72.2 Å². The Kier molecular flexibility index (Phi) is 2.63. The molecule has 0 fully saturated rings. The van der Waals surface area contributed by atoms with Crippen molar-refractivity contribution in [1.82, 2.24) is 0 Å². The average Bonchev–Trinajstić information content (AvgIpc) is 2.34. The van der Waals surface area contributed by atoms with Crippen LogP contribution in [0.3, 0.4) is 0 Å². The molecule has 0 saturated carbocycles. The van der Waals surface area contributed by atoms with E-state index >= 15 is 0 Å². The van der Waals surface area contributed by atoms with Crippen molar-refractivity contribution < 1.29 is 4.79 Å². The molecule has 54 valence electrons. The molecule has 0 unspecified atom stereocenters. The highest BCUT2D eigenvalue weighted by Gasteiger charge is 2.01. The maximum atomic E-state index is 10.8. The van der Waals surface area contributed by atoms with Crippen LogP contribution in [0.1, 0.15) is 22.2 Å². The van der Waals surface area contributed by atoms with Crippen molar-refractivity contribution in [3.8, 4) is 0 Å². The van der Waals surface area contributed by atoms with Crippen molar-refractivity contribution in [3.63, 3.8) is 0 Å².